The second kappa shape index (κ2) is 8.58. The molecule has 2 rings (SSSR count). The first kappa shape index (κ1) is 18.1. The summed E-state index contributed by atoms with van der Waals surface area (Å²) in [5.41, 5.74) is 0.386. The topological polar surface area (TPSA) is 81.7 Å². The van der Waals surface area contributed by atoms with Gasteiger partial charge in [-0.15, -0.1) is 0 Å². The maximum Gasteiger partial charge on any atom is 0.272 e. The predicted molar refractivity (Wildman–Crippen MR) is 91.9 cm³/mol. The van der Waals surface area contributed by atoms with Gasteiger partial charge in [0.25, 0.3) is 5.91 Å². The minimum Gasteiger partial charge on any atom is -0.370 e. The lowest BCUT2D eigenvalue weighted by Crippen LogP contribution is -2.50. The van der Waals surface area contributed by atoms with Gasteiger partial charge in [0.15, 0.2) is 0 Å². The minimum absolute atomic E-state index is 0.0494. The van der Waals surface area contributed by atoms with Gasteiger partial charge >= 0.3 is 0 Å². The van der Waals surface area contributed by atoms with Crippen LogP contribution in [0.15, 0.2) is 12.4 Å². The molecule has 1 fully saturated rings. The lowest BCUT2D eigenvalue weighted by molar-refractivity contribution is -0.130. The Morgan fingerprint density at radius 3 is 2.46 bits per heavy atom. The van der Waals surface area contributed by atoms with Crippen LogP contribution in [0.3, 0.4) is 0 Å². The van der Waals surface area contributed by atoms with Crippen LogP contribution in [0.5, 0.6) is 0 Å². The molecule has 1 aromatic heterocycles. The van der Waals surface area contributed by atoms with Crippen LogP contribution in [0, 0.1) is 0 Å². The first-order valence-corrected chi connectivity index (χ1v) is 8.23. The van der Waals surface area contributed by atoms with Crippen molar-refractivity contribution in [1.29, 1.82) is 0 Å². The number of anilines is 1. The van der Waals surface area contributed by atoms with Gasteiger partial charge in [0, 0.05) is 45.7 Å². The maximum absolute atomic E-state index is 12.5. The summed E-state index contributed by atoms with van der Waals surface area (Å²) in [5, 5.41) is 3.22. The van der Waals surface area contributed by atoms with Crippen molar-refractivity contribution in [3.8, 4) is 0 Å². The first-order chi connectivity index (χ1) is 11.5. The molecule has 132 valence electrons. The van der Waals surface area contributed by atoms with Crippen LogP contribution in [0.4, 0.5) is 5.82 Å². The molecule has 1 aliphatic heterocycles. The summed E-state index contributed by atoms with van der Waals surface area (Å²) in [4.78, 5) is 37.8. The number of piperazine rings is 1. The van der Waals surface area contributed by atoms with E-state index in [1.165, 1.54) is 6.33 Å². The van der Waals surface area contributed by atoms with Crippen LogP contribution in [0.25, 0.3) is 0 Å². The van der Waals surface area contributed by atoms with Gasteiger partial charge in [-0.2, -0.15) is 0 Å². The standard InChI is InChI=1S/C16H26N6O2/c1-13(23)21-7-9-22(10-8-21)16(24)14-11-15(19-12-18-14)17-5-4-6-20(2)3/h11-12H,4-10H2,1-3H3,(H,17,18,19). The highest BCUT2D eigenvalue weighted by molar-refractivity contribution is 5.93. The third-order valence-corrected chi connectivity index (χ3v) is 3.99. The van der Waals surface area contributed by atoms with Crippen molar-refractivity contribution in [2.75, 3.05) is 58.7 Å². The highest BCUT2D eigenvalue weighted by atomic mass is 16.2. The van der Waals surface area contributed by atoms with Crippen molar-refractivity contribution in [3.63, 3.8) is 0 Å². The van der Waals surface area contributed by atoms with E-state index in [2.05, 4.69) is 20.2 Å². The Morgan fingerprint density at radius 1 is 1.17 bits per heavy atom. The molecule has 2 amide bonds. The van der Waals surface area contributed by atoms with Crippen molar-refractivity contribution >= 4 is 17.6 Å². The minimum atomic E-state index is -0.114. The molecule has 0 aliphatic carbocycles. The van der Waals surface area contributed by atoms with Crippen molar-refractivity contribution in [3.05, 3.63) is 18.1 Å². The van der Waals surface area contributed by atoms with Crippen molar-refractivity contribution in [2.24, 2.45) is 0 Å². The summed E-state index contributed by atoms with van der Waals surface area (Å²) in [5.74, 6) is 0.597. The Labute approximate surface area is 142 Å². The van der Waals surface area contributed by atoms with Gasteiger partial charge in [0.05, 0.1) is 0 Å². The summed E-state index contributed by atoms with van der Waals surface area (Å²) in [6.07, 6.45) is 2.40. The van der Waals surface area contributed by atoms with E-state index in [-0.39, 0.29) is 11.8 Å². The number of nitrogens with one attached hydrogen (secondary N) is 1. The molecule has 0 spiro atoms. The smallest absolute Gasteiger partial charge is 0.272 e. The summed E-state index contributed by atoms with van der Waals surface area (Å²) >= 11 is 0. The van der Waals surface area contributed by atoms with E-state index in [9.17, 15) is 9.59 Å². The molecule has 1 saturated heterocycles. The van der Waals surface area contributed by atoms with Crippen LogP contribution in [0.2, 0.25) is 0 Å². The third-order valence-electron chi connectivity index (χ3n) is 3.99. The molecule has 0 radical (unpaired) electrons. The molecule has 1 N–H and O–H groups in total. The Morgan fingerprint density at radius 2 is 1.83 bits per heavy atom. The SMILES string of the molecule is CC(=O)N1CCN(C(=O)c2cc(NCCCN(C)C)ncn2)CC1. The largest absolute Gasteiger partial charge is 0.370 e. The number of carbonyl (C=O) groups is 2. The Balaban J connectivity index is 1.88. The van der Waals surface area contributed by atoms with E-state index in [0.29, 0.717) is 37.7 Å². The van der Waals surface area contributed by atoms with E-state index in [4.69, 9.17) is 0 Å². The van der Waals surface area contributed by atoms with Gasteiger partial charge in [-0.1, -0.05) is 0 Å². The average Bonchev–Trinajstić information content (AvgIpc) is 2.58. The zero-order chi connectivity index (χ0) is 17.5. The molecular formula is C16H26N6O2. The van der Waals surface area contributed by atoms with E-state index in [1.54, 1.807) is 22.8 Å². The molecule has 24 heavy (non-hydrogen) atoms. The monoisotopic (exact) mass is 334 g/mol. The fraction of sp³-hybridized carbons (Fsp3) is 0.625. The quantitative estimate of drug-likeness (QED) is 0.746. The Hall–Kier alpha value is -2.22. The molecule has 8 heteroatoms. The fourth-order valence-electron chi connectivity index (χ4n) is 2.57. The van der Waals surface area contributed by atoms with Gasteiger partial charge in [-0.05, 0) is 27.1 Å². The summed E-state index contributed by atoms with van der Waals surface area (Å²) in [6.45, 7) is 5.55. The number of amides is 2. The number of rotatable bonds is 6. The molecule has 1 aromatic rings. The molecule has 0 unspecified atom stereocenters. The van der Waals surface area contributed by atoms with Crippen molar-refractivity contribution in [2.45, 2.75) is 13.3 Å². The highest BCUT2D eigenvalue weighted by Crippen LogP contribution is 2.10. The first-order valence-electron chi connectivity index (χ1n) is 8.23. The molecule has 8 nitrogen and oxygen atoms in total. The number of nitrogens with zero attached hydrogens (tertiary/aromatic N) is 5. The molecule has 0 atom stereocenters. The summed E-state index contributed by atoms with van der Waals surface area (Å²) < 4.78 is 0. The van der Waals surface area contributed by atoms with Crippen LogP contribution in [0.1, 0.15) is 23.8 Å². The second-order valence-corrected chi connectivity index (χ2v) is 6.17. The summed E-state index contributed by atoms with van der Waals surface area (Å²) in [7, 11) is 4.07. The number of carbonyl (C=O) groups excluding carboxylic acids is 2. The maximum atomic E-state index is 12.5. The lowest BCUT2D eigenvalue weighted by atomic mass is 10.2. The van der Waals surface area contributed by atoms with Gasteiger partial charge in [-0.3, -0.25) is 9.59 Å². The zero-order valence-corrected chi connectivity index (χ0v) is 14.7. The fourth-order valence-corrected chi connectivity index (χ4v) is 2.57. The van der Waals surface area contributed by atoms with Crippen LogP contribution >= 0.6 is 0 Å². The van der Waals surface area contributed by atoms with E-state index < -0.39 is 0 Å². The van der Waals surface area contributed by atoms with E-state index >= 15 is 0 Å². The van der Waals surface area contributed by atoms with Crippen molar-refractivity contribution in [1.82, 2.24) is 24.7 Å². The number of hydrogen-bond donors (Lipinski definition) is 1. The number of aromatic nitrogens is 2. The van der Waals surface area contributed by atoms with Crippen LogP contribution < -0.4 is 5.32 Å². The molecule has 0 saturated carbocycles. The second-order valence-electron chi connectivity index (χ2n) is 6.17. The van der Waals surface area contributed by atoms with Gasteiger partial charge in [0.1, 0.15) is 17.8 Å². The van der Waals surface area contributed by atoms with Gasteiger partial charge in [0.2, 0.25) is 5.91 Å². The highest BCUT2D eigenvalue weighted by Gasteiger charge is 2.24. The van der Waals surface area contributed by atoms with E-state index in [1.807, 2.05) is 14.1 Å². The normalized spacial score (nSPS) is 14.8. The molecule has 0 bridgehead atoms. The van der Waals surface area contributed by atoms with E-state index in [0.717, 1.165) is 19.5 Å². The predicted octanol–water partition coefficient (Wildman–Crippen LogP) is 0.145. The van der Waals surface area contributed by atoms with Crippen LogP contribution in [-0.4, -0.2) is 89.8 Å². The van der Waals surface area contributed by atoms with Gasteiger partial charge < -0.3 is 20.0 Å². The average molecular weight is 334 g/mol. The molecule has 2 heterocycles. The van der Waals surface area contributed by atoms with Crippen LogP contribution in [-0.2, 0) is 4.79 Å². The molecule has 0 aromatic carbocycles. The number of hydrogen-bond acceptors (Lipinski definition) is 6. The lowest BCUT2D eigenvalue weighted by Gasteiger charge is -2.34. The Bertz CT molecular complexity index is 569. The van der Waals surface area contributed by atoms with Crippen molar-refractivity contribution < 1.29 is 9.59 Å². The third kappa shape index (κ3) is 5.16. The molecule has 1 aliphatic rings. The zero-order valence-electron chi connectivity index (χ0n) is 14.7. The van der Waals surface area contributed by atoms with Gasteiger partial charge in [-0.25, -0.2) is 9.97 Å². The Kier molecular flexibility index (Phi) is 6.48. The summed E-state index contributed by atoms with van der Waals surface area (Å²) in [6, 6.07) is 1.69. The molecular weight excluding hydrogens is 308 g/mol.